The van der Waals surface area contributed by atoms with Crippen molar-refractivity contribution in [2.45, 2.75) is 57.6 Å². The number of ether oxygens (including phenoxy) is 1. The highest BCUT2D eigenvalue weighted by Gasteiger charge is 2.21. The van der Waals surface area contributed by atoms with E-state index in [1.165, 1.54) is 12.5 Å². The van der Waals surface area contributed by atoms with Gasteiger partial charge < -0.3 is 19.6 Å². The lowest BCUT2D eigenvalue weighted by Crippen LogP contribution is -2.35. The Morgan fingerprint density at radius 1 is 1.19 bits per heavy atom. The third-order valence-electron chi connectivity index (χ3n) is 6.20. The summed E-state index contributed by atoms with van der Waals surface area (Å²) in [5, 5.41) is 9.17. The molecule has 2 aromatic rings. The smallest absolute Gasteiger partial charge is 0.209 e. The molecule has 1 amide bonds. The fraction of sp³-hybridized carbons (Fsp3) is 0.520. The number of halogens is 1. The molecule has 6 nitrogen and oxygen atoms in total. The van der Waals surface area contributed by atoms with Gasteiger partial charge in [0.25, 0.3) is 0 Å². The minimum atomic E-state index is -0.231. The highest BCUT2D eigenvalue weighted by atomic mass is 19.1. The Hall–Kier alpha value is -2.67. The van der Waals surface area contributed by atoms with Crippen LogP contribution in [0.25, 0.3) is 0 Å². The van der Waals surface area contributed by atoms with E-state index in [0.29, 0.717) is 29.1 Å². The molecule has 1 N–H and O–H groups in total. The van der Waals surface area contributed by atoms with Gasteiger partial charge in [0.2, 0.25) is 6.41 Å². The van der Waals surface area contributed by atoms with Crippen LogP contribution in [-0.4, -0.2) is 53.7 Å². The molecule has 1 saturated carbocycles. The second kappa shape index (κ2) is 11.8. The highest BCUT2D eigenvalue weighted by Crippen LogP contribution is 2.30. The van der Waals surface area contributed by atoms with Gasteiger partial charge in [0, 0.05) is 38.4 Å². The van der Waals surface area contributed by atoms with E-state index in [-0.39, 0.29) is 11.9 Å². The summed E-state index contributed by atoms with van der Waals surface area (Å²) in [5.41, 5.74) is 0.667. The lowest BCUT2D eigenvalue weighted by Gasteiger charge is -2.33. The number of carbonyl (C=O) groups excluding carboxylic acids is 1. The first-order valence-corrected chi connectivity index (χ1v) is 11.4. The molecule has 0 radical (unpaired) electrons. The molecule has 0 spiro atoms. The number of pyridine rings is 1. The van der Waals surface area contributed by atoms with Crippen LogP contribution in [0.1, 0.15) is 45.4 Å². The van der Waals surface area contributed by atoms with Crippen molar-refractivity contribution in [1.29, 1.82) is 0 Å². The topological polar surface area (TPSA) is 65.9 Å². The van der Waals surface area contributed by atoms with Crippen molar-refractivity contribution < 1.29 is 19.0 Å². The molecule has 2 fully saturated rings. The minimum Gasteiger partial charge on any atom is -0.456 e. The first-order chi connectivity index (χ1) is 15.5. The second-order valence-corrected chi connectivity index (χ2v) is 8.83. The third-order valence-corrected chi connectivity index (χ3v) is 6.20. The summed E-state index contributed by atoms with van der Waals surface area (Å²) in [6.07, 6.45) is 9.91. The maximum absolute atomic E-state index is 14.3. The molecule has 1 aromatic carbocycles. The van der Waals surface area contributed by atoms with Crippen molar-refractivity contribution in [3.63, 3.8) is 0 Å². The van der Waals surface area contributed by atoms with Crippen molar-refractivity contribution in [1.82, 2.24) is 9.88 Å². The summed E-state index contributed by atoms with van der Waals surface area (Å²) < 4.78 is 19.9. The number of aliphatic hydroxyl groups is 1. The largest absolute Gasteiger partial charge is 0.456 e. The molecule has 1 aromatic heterocycles. The van der Waals surface area contributed by atoms with Gasteiger partial charge in [0.05, 0.1) is 18.0 Å². The van der Waals surface area contributed by atoms with E-state index in [2.05, 4.69) is 16.8 Å². The number of hydrogen-bond acceptors (Lipinski definition) is 5. The minimum absolute atomic E-state index is 0.133. The van der Waals surface area contributed by atoms with E-state index in [1.54, 1.807) is 42.5 Å². The fourth-order valence-electron chi connectivity index (χ4n) is 4.31. The van der Waals surface area contributed by atoms with Crippen LogP contribution in [0, 0.1) is 11.7 Å². The monoisotopic (exact) mass is 443 g/mol. The maximum Gasteiger partial charge on any atom is 0.209 e. The van der Waals surface area contributed by atoms with E-state index in [4.69, 9.17) is 4.74 Å². The number of piperidine rings is 1. The van der Waals surface area contributed by atoms with Gasteiger partial charge in [-0.05, 0) is 68.7 Å². The number of benzene rings is 1. The Labute approximate surface area is 190 Å². The normalized spacial score (nSPS) is 23.0. The van der Waals surface area contributed by atoms with Crippen LogP contribution in [0.3, 0.4) is 0 Å². The third kappa shape index (κ3) is 6.92. The summed E-state index contributed by atoms with van der Waals surface area (Å²) in [6.45, 7) is 4.05. The Bertz CT molecular complexity index is 844. The molecule has 32 heavy (non-hydrogen) atoms. The van der Waals surface area contributed by atoms with Crippen molar-refractivity contribution in [3.8, 4) is 11.5 Å². The van der Waals surface area contributed by atoms with E-state index in [1.807, 2.05) is 6.07 Å². The van der Waals surface area contributed by atoms with Crippen LogP contribution in [0.5, 0.6) is 11.5 Å². The molecule has 1 aliphatic heterocycles. The Morgan fingerprint density at radius 3 is 2.59 bits per heavy atom. The van der Waals surface area contributed by atoms with Crippen molar-refractivity contribution in [3.05, 3.63) is 48.5 Å². The zero-order chi connectivity index (χ0) is 22.9. The average molecular weight is 444 g/mol. The molecule has 0 bridgehead atoms. The Balaban J connectivity index is 0.000000222. The number of nitrogens with zero attached hydrogens (tertiary/aromatic N) is 3. The summed E-state index contributed by atoms with van der Waals surface area (Å²) in [6, 6.07) is 9.00. The van der Waals surface area contributed by atoms with Gasteiger partial charge in [-0.1, -0.05) is 6.92 Å². The predicted octanol–water partition coefficient (Wildman–Crippen LogP) is 4.63. The number of aromatic nitrogens is 1. The highest BCUT2D eigenvalue weighted by molar-refractivity contribution is 5.51. The van der Waals surface area contributed by atoms with Crippen LogP contribution in [0.15, 0.2) is 42.7 Å². The van der Waals surface area contributed by atoms with Crippen molar-refractivity contribution in [2.75, 3.05) is 25.0 Å². The molecule has 1 saturated heterocycles. The molecule has 1 unspecified atom stereocenters. The zero-order valence-corrected chi connectivity index (χ0v) is 19.0. The molecule has 7 heteroatoms. The molecule has 2 heterocycles. The van der Waals surface area contributed by atoms with Gasteiger partial charge in [-0.3, -0.25) is 9.78 Å². The van der Waals surface area contributed by atoms with Crippen LogP contribution in [0.4, 0.5) is 10.1 Å². The first-order valence-electron chi connectivity index (χ1n) is 11.4. The van der Waals surface area contributed by atoms with E-state index >= 15 is 0 Å². The van der Waals surface area contributed by atoms with Gasteiger partial charge in [-0.15, -0.1) is 0 Å². The standard InChI is InChI=1S/C17H19FN2O.C8H15NO2/c1-13-4-3-9-20(12-13)17-7-6-14(10-16(17)18)21-15-5-2-8-19-11-15;1-9(6-10)7-2-4-8(11)5-3-7/h2,5-8,10-11,13H,3-4,9,12H2,1H3;6-8,11H,2-5H2,1H3. The molecular formula is C25H34FN3O3. The molecule has 2 aliphatic rings. The van der Waals surface area contributed by atoms with Crippen LogP contribution < -0.4 is 9.64 Å². The lowest BCUT2D eigenvalue weighted by atomic mass is 9.92. The lowest BCUT2D eigenvalue weighted by molar-refractivity contribution is -0.119. The van der Waals surface area contributed by atoms with Gasteiger partial charge >= 0.3 is 0 Å². The van der Waals surface area contributed by atoms with E-state index < -0.39 is 0 Å². The quantitative estimate of drug-likeness (QED) is 0.683. The van der Waals surface area contributed by atoms with Gasteiger partial charge in [-0.25, -0.2) is 4.39 Å². The Kier molecular flexibility index (Phi) is 8.85. The number of anilines is 1. The van der Waals surface area contributed by atoms with Crippen LogP contribution in [0.2, 0.25) is 0 Å². The summed E-state index contributed by atoms with van der Waals surface area (Å²) in [5.74, 6) is 1.49. The number of carbonyl (C=O) groups is 1. The number of rotatable bonds is 5. The molecule has 174 valence electrons. The van der Waals surface area contributed by atoms with E-state index in [0.717, 1.165) is 51.6 Å². The van der Waals surface area contributed by atoms with Crippen molar-refractivity contribution >= 4 is 12.1 Å². The average Bonchev–Trinajstić information content (AvgIpc) is 2.80. The molecule has 1 aliphatic carbocycles. The summed E-state index contributed by atoms with van der Waals surface area (Å²) in [7, 11) is 1.80. The van der Waals surface area contributed by atoms with Gasteiger partial charge in [-0.2, -0.15) is 0 Å². The Morgan fingerprint density at radius 2 is 1.97 bits per heavy atom. The van der Waals surface area contributed by atoms with Crippen LogP contribution >= 0.6 is 0 Å². The van der Waals surface area contributed by atoms with Crippen LogP contribution in [-0.2, 0) is 4.79 Å². The first kappa shape index (κ1) is 24.0. The predicted molar refractivity (Wildman–Crippen MR) is 123 cm³/mol. The maximum atomic E-state index is 14.3. The van der Waals surface area contributed by atoms with Crippen molar-refractivity contribution in [2.24, 2.45) is 5.92 Å². The molecular weight excluding hydrogens is 409 g/mol. The zero-order valence-electron chi connectivity index (χ0n) is 19.0. The summed E-state index contributed by atoms with van der Waals surface area (Å²) in [4.78, 5) is 18.1. The molecule has 4 rings (SSSR count). The SMILES string of the molecule is CC1CCCN(c2ccc(Oc3cccnc3)cc2F)C1.CN(C=O)C1CCC(O)CC1. The molecule has 1 atom stereocenters. The number of hydrogen-bond donors (Lipinski definition) is 1. The van der Waals surface area contributed by atoms with Gasteiger partial charge in [0.1, 0.15) is 17.3 Å². The second-order valence-electron chi connectivity index (χ2n) is 8.83. The summed E-state index contributed by atoms with van der Waals surface area (Å²) >= 11 is 0. The number of aliphatic hydroxyl groups excluding tert-OH is 1. The number of amides is 1. The fourth-order valence-corrected chi connectivity index (χ4v) is 4.31. The van der Waals surface area contributed by atoms with Gasteiger partial charge in [0.15, 0.2) is 0 Å². The van der Waals surface area contributed by atoms with E-state index in [9.17, 15) is 14.3 Å².